The zero-order valence-corrected chi connectivity index (χ0v) is 23.5. The molecule has 0 atom stereocenters. The molecule has 0 aliphatic rings. The number of rotatable bonds is 3. The van der Waals surface area contributed by atoms with Gasteiger partial charge in [-0.1, -0.05) is 91.0 Å². The number of fused-ring (bicyclic) bond motifs is 7. The lowest BCUT2D eigenvalue weighted by molar-refractivity contribution is 1.00. The summed E-state index contributed by atoms with van der Waals surface area (Å²) in [4.78, 5) is 9.73. The molecule has 5 heteroatoms. The lowest BCUT2D eigenvalue weighted by Crippen LogP contribution is -2.03. The Labute approximate surface area is 252 Å². The van der Waals surface area contributed by atoms with E-state index in [4.69, 9.17) is 9.97 Å². The topological polar surface area (TPSA) is 59.4 Å². The molecule has 0 radical (unpaired) electrons. The third-order valence-electron chi connectivity index (χ3n) is 8.60. The number of hydrogen-bond acceptors (Lipinski definition) is 3. The normalized spacial score (nSPS) is 11.6. The fourth-order valence-electron chi connectivity index (χ4n) is 6.81. The first-order valence-corrected chi connectivity index (χ1v) is 14.6. The molecule has 3 aromatic heterocycles. The van der Waals surface area contributed by atoms with Gasteiger partial charge >= 0.3 is 0 Å². The second kappa shape index (κ2) is 9.38. The molecule has 0 saturated carbocycles. The van der Waals surface area contributed by atoms with Crippen LogP contribution in [-0.4, -0.2) is 19.1 Å². The van der Waals surface area contributed by atoms with Crippen LogP contribution >= 0.6 is 0 Å². The van der Waals surface area contributed by atoms with E-state index in [2.05, 4.69) is 124 Å². The highest BCUT2D eigenvalue weighted by molar-refractivity contribution is 6.22. The van der Waals surface area contributed by atoms with Gasteiger partial charge in [0.15, 0.2) is 5.69 Å². The number of aromatic nitrogens is 4. The molecular formula is C39H23N5. The Balaban J connectivity index is 1.40. The highest BCUT2D eigenvalue weighted by Gasteiger charge is 2.21. The molecule has 0 aliphatic heterocycles. The van der Waals surface area contributed by atoms with E-state index < -0.39 is 0 Å². The Bertz CT molecular complexity index is 2620. The Kier molecular flexibility index (Phi) is 5.19. The van der Waals surface area contributed by atoms with E-state index in [1.54, 1.807) is 0 Å². The highest BCUT2D eigenvalue weighted by Crippen LogP contribution is 2.43. The molecule has 0 bridgehead atoms. The van der Waals surface area contributed by atoms with Gasteiger partial charge in [0.2, 0.25) is 5.95 Å². The van der Waals surface area contributed by atoms with Crippen LogP contribution in [0.4, 0.5) is 0 Å². The SMILES string of the molecule is N#Cc1nc(-n2c3ccccc3c3c(-c4cccc5c4c4ccccc4n5-c4ccccc4)cccc32)nc2ccccc12. The predicted octanol–water partition coefficient (Wildman–Crippen LogP) is 9.36. The van der Waals surface area contributed by atoms with Crippen LogP contribution < -0.4 is 0 Å². The molecule has 9 aromatic rings. The third kappa shape index (κ3) is 3.40. The van der Waals surface area contributed by atoms with Crippen molar-refractivity contribution in [2.24, 2.45) is 0 Å². The fourth-order valence-corrected chi connectivity index (χ4v) is 6.81. The van der Waals surface area contributed by atoms with Gasteiger partial charge in [-0.15, -0.1) is 0 Å². The molecule has 0 amide bonds. The van der Waals surface area contributed by atoms with Crippen molar-refractivity contribution in [1.82, 2.24) is 19.1 Å². The van der Waals surface area contributed by atoms with Crippen molar-refractivity contribution in [3.05, 3.63) is 145 Å². The molecular weight excluding hydrogens is 538 g/mol. The molecule has 0 saturated heterocycles. The van der Waals surface area contributed by atoms with E-state index in [0.29, 0.717) is 11.6 Å². The first kappa shape index (κ1) is 24.4. The summed E-state index contributed by atoms with van der Waals surface area (Å²) in [6.45, 7) is 0. The maximum absolute atomic E-state index is 10.00. The zero-order valence-electron chi connectivity index (χ0n) is 23.5. The van der Waals surface area contributed by atoms with Crippen LogP contribution in [0.25, 0.3) is 77.3 Å². The molecule has 9 rings (SSSR count). The largest absolute Gasteiger partial charge is 0.309 e. The van der Waals surface area contributed by atoms with Crippen LogP contribution in [0.15, 0.2) is 140 Å². The van der Waals surface area contributed by atoms with Gasteiger partial charge in [-0.3, -0.25) is 4.57 Å². The maximum Gasteiger partial charge on any atom is 0.236 e. The highest BCUT2D eigenvalue weighted by atomic mass is 15.2. The maximum atomic E-state index is 10.00. The van der Waals surface area contributed by atoms with Crippen molar-refractivity contribution in [3.8, 4) is 28.8 Å². The van der Waals surface area contributed by atoms with Gasteiger partial charge in [-0.2, -0.15) is 5.26 Å². The summed E-state index contributed by atoms with van der Waals surface area (Å²) in [5.41, 5.74) is 8.86. The molecule has 0 fully saturated rings. The average molecular weight is 562 g/mol. The van der Waals surface area contributed by atoms with Crippen molar-refractivity contribution in [3.63, 3.8) is 0 Å². The minimum atomic E-state index is 0.367. The van der Waals surface area contributed by atoms with Gasteiger partial charge in [-0.05, 0) is 59.7 Å². The van der Waals surface area contributed by atoms with Crippen LogP contribution in [-0.2, 0) is 0 Å². The Morgan fingerprint density at radius 1 is 0.455 bits per heavy atom. The van der Waals surface area contributed by atoms with Crippen LogP contribution in [0.1, 0.15) is 5.69 Å². The van der Waals surface area contributed by atoms with Crippen LogP contribution in [0.2, 0.25) is 0 Å². The fraction of sp³-hybridized carbons (Fsp3) is 0. The summed E-state index contributed by atoms with van der Waals surface area (Å²) < 4.78 is 4.44. The first-order chi connectivity index (χ1) is 21.8. The first-order valence-electron chi connectivity index (χ1n) is 14.6. The monoisotopic (exact) mass is 561 g/mol. The summed E-state index contributed by atoms with van der Waals surface area (Å²) in [7, 11) is 0. The molecule has 0 spiro atoms. The summed E-state index contributed by atoms with van der Waals surface area (Å²) in [6.07, 6.45) is 0. The third-order valence-corrected chi connectivity index (χ3v) is 8.60. The van der Waals surface area contributed by atoms with Gasteiger partial charge < -0.3 is 4.57 Å². The van der Waals surface area contributed by atoms with Crippen LogP contribution in [0, 0.1) is 11.3 Å². The van der Waals surface area contributed by atoms with E-state index in [9.17, 15) is 5.26 Å². The van der Waals surface area contributed by atoms with Crippen molar-refractivity contribution in [1.29, 1.82) is 5.26 Å². The van der Waals surface area contributed by atoms with Gasteiger partial charge in [0, 0.05) is 32.6 Å². The van der Waals surface area contributed by atoms with E-state index in [-0.39, 0.29) is 0 Å². The number of nitriles is 1. The summed E-state index contributed by atoms with van der Waals surface area (Å²) >= 11 is 0. The van der Waals surface area contributed by atoms with E-state index >= 15 is 0 Å². The second-order valence-corrected chi connectivity index (χ2v) is 10.9. The standard InChI is InChI=1S/C39H23N5/c40-24-32-28-14-4-7-19-31(28)41-39(42-32)44-34-21-9-6-16-30(34)38-27(18-11-23-36(38)44)26-17-10-22-35-37(26)29-15-5-8-20-33(29)43(35)25-12-2-1-3-13-25/h1-23H. The molecule has 0 unspecified atom stereocenters. The smallest absolute Gasteiger partial charge is 0.236 e. The van der Waals surface area contributed by atoms with Gasteiger partial charge in [0.25, 0.3) is 0 Å². The average Bonchev–Trinajstić information content (AvgIpc) is 3.61. The van der Waals surface area contributed by atoms with E-state index in [1.807, 2.05) is 30.3 Å². The van der Waals surface area contributed by atoms with E-state index in [0.717, 1.165) is 49.5 Å². The minimum absolute atomic E-state index is 0.367. The van der Waals surface area contributed by atoms with Crippen molar-refractivity contribution >= 4 is 54.5 Å². The summed E-state index contributed by atoms with van der Waals surface area (Å²) in [5.74, 6) is 0.488. The zero-order chi connectivity index (χ0) is 29.2. The van der Waals surface area contributed by atoms with Crippen molar-refractivity contribution in [2.75, 3.05) is 0 Å². The van der Waals surface area contributed by atoms with Gasteiger partial charge in [0.05, 0.1) is 27.6 Å². The molecule has 0 aliphatic carbocycles. The Hall–Kier alpha value is -6.25. The Morgan fingerprint density at radius 3 is 1.64 bits per heavy atom. The van der Waals surface area contributed by atoms with Crippen molar-refractivity contribution < 1.29 is 0 Å². The molecule has 3 heterocycles. The molecule has 0 N–H and O–H groups in total. The van der Waals surface area contributed by atoms with Gasteiger partial charge in [-0.25, -0.2) is 9.97 Å². The lowest BCUT2D eigenvalue weighted by Gasteiger charge is -2.11. The van der Waals surface area contributed by atoms with Crippen LogP contribution in [0.3, 0.4) is 0 Å². The second-order valence-electron chi connectivity index (χ2n) is 10.9. The number of benzene rings is 6. The van der Waals surface area contributed by atoms with Gasteiger partial charge in [0.1, 0.15) is 6.07 Å². The summed E-state index contributed by atoms with van der Waals surface area (Å²) in [6, 6.07) is 50.6. The number of nitrogens with zero attached hydrogens (tertiary/aromatic N) is 5. The molecule has 204 valence electrons. The Morgan fingerprint density at radius 2 is 0.977 bits per heavy atom. The quantitative estimate of drug-likeness (QED) is 0.216. The predicted molar refractivity (Wildman–Crippen MR) is 178 cm³/mol. The molecule has 6 aromatic carbocycles. The lowest BCUT2D eigenvalue weighted by atomic mass is 9.95. The molecule has 44 heavy (non-hydrogen) atoms. The minimum Gasteiger partial charge on any atom is -0.309 e. The number of hydrogen-bond donors (Lipinski definition) is 0. The number of para-hydroxylation sites is 4. The van der Waals surface area contributed by atoms with Crippen LogP contribution in [0.5, 0.6) is 0 Å². The van der Waals surface area contributed by atoms with Crippen molar-refractivity contribution in [2.45, 2.75) is 0 Å². The summed E-state index contributed by atoms with van der Waals surface area (Å²) in [5, 5.41) is 15.4. The molecule has 5 nitrogen and oxygen atoms in total. The van der Waals surface area contributed by atoms with E-state index in [1.165, 1.54) is 21.9 Å².